The Bertz CT molecular complexity index is 659. The van der Waals surface area contributed by atoms with Crippen LogP contribution in [0.2, 0.25) is 0 Å². The summed E-state index contributed by atoms with van der Waals surface area (Å²) < 4.78 is 0.788. The Labute approximate surface area is 143 Å². The predicted molar refractivity (Wildman–Crippen MR) is 108 cm³/mol. The van der Waals surface area contributed by atoms with Crippen LogP contribution in [0.1, 0.15) is 0 Å². The number of rotatable bonds is 4. The van der Waals surface area contributed by atoms with E-state index in [0.717, 1.165) is 3.94 Å². The van der Waals surface area contributed by atoms with Crippen LogP contribution in [-0.4, -0.2) is 3.94 Å². The van der Waals surface area contributed by atoms with Crippen LogP contribution >= 0.6 is 32.1 Å². The maximum atomic E-state index is 5.70. The van der Waals surface area contributed by atoms with Crippen molar-refractivity contribution in [3.63, 3.8) is 0 Å². The fourth-order valence-electron chi connectivity index (χ4n) is 2.93. The molecule has 0 N–H and O–H groups in total. The third-order valence-corrected chi connectivity index (χ3v) is 10.1. The van der Waals surface area contributed by atoms with Crippen LogP contribution in [0.4, 0.5) is 0 Å². The molecule has 0 amide bonds. The molecule has 0 unspecified atom stereocenters. The summed E-state index contributed by atoms with van der Waals surface area (Å²) in [5.74, 6) is 0. The van der Waals surface area contributed by atoms with E-state index in [4.69, 9.17) is 24.8 Å². The summed E-state index contributed by atoms with van der Waals surface area (Å²) >= 11 is 10.4. The van der Waals surface area contributed by atoms with E-state index in [1.165, 1.54) is 15.9 Å². The van der Waals surface area contributed by atoms with Gasteiger partial charge in [-0.05, 0) is 0 Å². The number of thiocarbonyl (C=S) groups is 1. The third kappa shape index (κ3) is 2.63. The van der Waals surface area contributed by atoms with Crippen LogP contribution in [0.5, 0.6) is 0 Å². The van der Waals surface area contributed by atoms with Crippen molar-refractivity contribution < 1.29 is 0 Å². The van der Waals surface area contributed by atoms with Gasteiger partial charge in [-0.15, -0.1) is 0 Å². The monoisotopic (exact) mass is 340 g/mol. The summed E-state index contributed by atoms with van der Waals surface area (Å²) in [7, 11) is -2.41. The van der Waals surface area contributed by atoms with Gasteiger partial charge in [0.05, 0.1) is 0 Å². The first-order valence-electron chi connectivity index (χ1n) is 7.16. The van der Waals surface area contributed by atoms with Crippen LogP contribution in [0.15, 0.2) is 91.0 Å². The van der Waals surface area contributed by atoms with E-state index in [0.29, 0.717) is 0 Å². The minimum absolute atomic E-state index is 0.788. The molecule has 0 saturated carbocycles. The molecule has 0 heterocycles. The Morgan fingerprint density at radius 1 is 0.591 bits per heavy atom. The van der Waals surface area contributed by atoms with Crippen molar-refractivity contribution in [1.29, 1.82) is 0 Å². The molecule has 0 aliphatic heterocycles. The van der Waals surface area contributed by atoms with Crippen LogP contribution < -0.4 is 15.9 Å². The molecule has 3 heteroatoms. The molecule has 0 nitrogen and oxygen atoms in total. The normalized spacial score (nSPS) is 11.9. The molecule has 3 aromatic rings. The van der Waals surface area contributed by atoms with E-state index in [-0.39, 0.29) is 0 Å². The summed E-state index contributed by atoms with van der Waals surface area (Å²) in [6.07, 6.45) is 0. The second kappa shape index (κ2) is 6.75. The zero-order valence-corrected chi connectivity index (χ0v) is 14.7. The molecule has 3 rings (SSSR count). The maximum absolute atomic E-state index is 5.70. The van der Waals surface area contributed by atoms with Crippen molar-refractivity contribution >= 4 is 52.0 Å². The molecule has 0 bridgehead atoms. The molecular formula is C19H17PS2. The summed E-state index contributed by atoms with van der Waals surface area (Å²) in [4.78, 5) is 0. The SMILES string of the molecule is S=C(S)[PH](c1ccccc1)(c1ccccc1)c1ccccc1. The minimum atomic E-state index is -2.41. The molecule has 0 fully saturated rings. The summed E-state index contributed by atoms with van der Waals surface area (Å²) in [5.41, 5.74) is 0. The summed E-state index contributed by atoms with van der Waals surface area (Å²) in [6.45, 7) is 0. The van der Waals surface area contributed by atoms with Gasteiger partial charge in [-0.3, -0.25) is 0 Å². The second-order valence-corrected chi connectivity index (χ2v) is 10.8. The molecular weight excluding hydrogens is 323 g/mol. The first kappa shape index (κ1) is 15.4. The van der Waals surface area contributed by atoms with Gasteiger partial charge in [-0.2, -0.15) is 0 Å². The number of benzene rings is 3. The van der Waals surface area contributed by atoms with Crippen molar-refractivity contribution in [2.75, 3.05) is 0 Å². The zero-order chi connectivity index (χ0) is 15.4. The van der Waals surface area contributed by atoms with Crippen molar-refractivity contribution in [3.8, 4) is 0 Å². The van der Waals surface area contributed by atoms with Crippen LogP contribution in [-0.2, 0) is 0 Å². The van der Waals surface area contributed by atoms with Gasteiger partial charge in [0, 0.05) is 0 Å². The van der Waals surface area contributed by atoms with Gasteiger partial charge < -0.3 is 0 Å². The second-order valence-electron chi connectivity index (χ2n) is 5.15. The predicted octanol–water partition coefficient (Wildman–Crippen LogP) is 3.93. The van der Waals surface area contributed by atoms with E-state index in [9.17, 15) is 0 Å². The van der Waals surface area contributed by atoms with E-state index in [1.54, 1.807) is 0 Å². The first-order chi connectivity index (χ1) is 10.8. The Balaban J connectivity index is 2.37. The van der Waals surface area contributed by atoms with Gasteiger partial charge in [0.15, 0.2) is 0 Å². The van der Waals surface area contributed by atoms with Crippen molar-refractivity contribution in [1.82, 2.24) is 0 Å². The molecule has 0 aliphatic carbocycles. The van der Waals surface area contributed by atoms with Gasteiger partial charge >= 0.3 is 143 Å². The number of hydrogen-bond acceptors (Lipinski definition) is 1. The van der Waals surface area contributed by atoms with Crippen molar-refractivity contribution in [3.05, 3.63) is 91.0 Å². The number of thiol groups is 1. The summed E-state index contributed by atoms with van der Waals surface area (Å²) in [6, 6.07) is 31.6. The van der Waals surface area contributed by atoms with Crippen molar-refractivity contribution in [2.45, 2.75) is 0 Å². The first-order valence-corrected chi connectivity index (χ1v) is 10.0. The molecule has 3 aromatic carbocycles. The Kier molecular flexibility index (Phi) is 4.73. The van der Waals surface area contributed by atoms with Gasteiger partial charge in [-0.1, -0.05) is 0 Å². The number of hydrogen-bond donors (Lipinski definition) is 1. The fraction of sp³-hybridized carbons (Fsp3) is 0. The standard InChI is InChI=1S/C19H17PS2/c21-19(22)20(16-10-4-1-5-11-16,17-12-6-2-7-13-17)18-14-8-3-9-15-18/h1-15,20H,(H,21,22). The van der Waals surface area contributed by atoms with Gasteiger partial charge in [-0.25, -0.2) is 0 Å². The molecule has 0 saturated heterocycles. The van der Waals surface area contributed by atoms with E-state index in [2.05, 4.69) is 72.8 Å². The Hall–Kier alpha value is -1.47. The molecule has 0 spiro atoms. The van der Waals surface area contributed by atoms with Crippen molar-refractivity contribution in [2.24, 2.45) is 0 Å². The quantitative estimate of drug-likeness (QED) is 0.427. The van der Waals surface area contributed by atoms with E-state index < -0.39 is 7.26 Å². The summed E-state index contributed by atoms with van der Waals surface area (Å²) in [5, 5.41) is 3.81. The molecule has 22 heavy (non-hydrogen) atoms. The van der Waals surface area contributed by atoms with E-state index in [1.807, 2.05) is 18.2 Å². The molecule has 0 radical (unpaired) electrons. The van der Waals surface area contributed by atoms with E-state index >= 15 is 0 Å². The van der Waals surface area contributed by atoms with Gasteiger partial charge in [0.25, 0.3) is 0 Å². The van der Waals surface area contributed by atoms with Crippen LogP contribution in [0.25, 0.3) is 0 Å². The molecule has 0 atom stereocenters. The molecule has 0 aromatic heterocycles. The van der Waals surface area contributed by atoms with Gasteiger partial charge in [0.2, 0.25) is 0 Å². The topological polar surface area (TPSA) is 0 Å². The van der Waals surface area contributed by atoms with Gasteiger partial charge in [0.1, 0.15) is 0 Å². The molecule has 110 valence electrons. The zero-order valence-electron chi connectivity index (χ0n) is 12.0. The average molecular weight is 340 g/mol. The Morgan fingerprint density at radius 2 is 0.864 bits per heavy atom. The average Bonchev–Trinajstić information content (AvgIpc) is 2.58. The Morgan fingerprint density at radius 3 is 1.09 bits per heavy atom. The fourth-order valence-corrected chi connectivity index (χ4v) is 8.98. The van der Waals surface area contributed by atoms with Crippen LogP contribution in [0, 0.1) is 0 Å². The molecule has 0 aliphatic rings. The third-order valence-electron chi connectivity index (χ3n) is 3.94. The van der Waals surface area contributed by atoms with Crippen LogP contribution in [0.3, 0.4) is 0 Å².